The largest absolute Gasteiger partial charge is 0.318 e. The molecule has 0 amide bonds. The van der Waals surface area contributed by atoms with Crippen molar-refractivity contribution in [2.45, 2.75) is 58.8 Å². The van der Waals surface area contributed by atoms with Gasteiger partial charge in [-0.3, -0.25) is 4.79 Å². The highest BCUT2D eigenvalue weighted by Crippen LogP contribution is 2.32. The highest BCUT2D eigenvalue weighted by Gasteiger charge is 2.22. The first-order chi connectivity index (χ1) is 16.8. The maximum Gasteiger partial charge on any atom is 0.282 e. The first-order valence-electron chi connectivity index (χ1n) is 12.1. The second kappa shape index (κ2) is 10.0. The van der Waals surface area contributed by atoms with Crippen LogP contribution in [0.5, 0.6) is 0 Å². The summed E-state index contributed by atoms with van der Waals surface area (Å²) in [6.07, 6.45) is 7.49. The van der Waals surface area contributed by atoms with Gasteiger partial charge in [0.2, 0.25) is 0 Å². The van der Waals surface area contributed by atoms with Crippen molar-refractivity contribution >= 4 is 55.6 Å². The Hall–Kier alpha value is -2.26. The Kier molecular flexibility index (Phi) is 6.99. The van der Waals surface area contributed by atoms with Crippen LogP contribution in [0.1, 0.15) is 66.4 Å². The molecule has 1 aliphatic carbocycles. The Morgan fingerprint density at radius 1 is 1.06 bits per heavy atom. The van der Waals surface area contributed by atoms with Gasteiger partial charge in [-0.15, -0.1) is 0 Å². The zero-order chi connectivity index (χ0) is 24.7. The van der Waals surface area contributed by atoms with E-state index in [1.165, 1.54) is 28.4 Å². The maximum atomic E-state index is 13.6. The Morgan fingerprint density at radius 3 is 2.57 bits per heavy atom. The molecule has 1 aliphatic rings. The molecule has 5 rings (SSSR count). The van der Waals surface area contributed by atoms with Crippen molar-refractivity contribution in [1.29, 1.82) is 0 Å². The van der Waals surface area contributed by atoms with Gasteiger partial charge in [0.15, 0.2) is 0 Å². The predicted octanol–water partition coefficient (Wildman–Crippen LogP) is 7.41. The number of fused-ring (bicyclic) bond motifs is 1. The third-order valence-corrected chi connectivity index (χ3v) is 8.69. The van der Waals surface area contributed by atoms with E-state index >= 15 is 0 Å². The molecule has 180 valence electrons. The van der Waals surface area contributed by atoms with Gasteiger partial charge in [0, 0.05) is 36.6 Å². The summed E-state index contributed by atoms with van der Waals surface area (Å²) >= 11 is 5.86. The van der Waals surface area contributed by atoms with Gasteiger partial charge < -0.3 is 4.57 Å². The van der Waals surface area contributed by atoms with Gasteiger partial charge in [-0.1, -0.05) is 35.2 Å². The van der Waals surface area contributed by atoms with Crippen LogP contribution in [0.2, 0.25) is 0 Å². The molecule has 35 heavy (non-hydrogen) atoms. The minimum absolute atomic E-state index is 0.116. The van der Waals surface area contributed by atoms with E-state index in [0.29, 0.717) is 5.39 Å². The molecule has 0 bridgehead atoms. The first-order valence-corrected chi connectivity index (χ1v) is 13.9. The number of aryl methyl sites for hydroxylation is 2. The molecular weight excluding hydrogens is 615 g/mol. The lowest BCUT2D eigenvalue weighted by atomic mass is 9.88. The number of aromatic nitrogens is 3. The highest BCUT2D eigenvalue weighted by molar-refractivity contribution is 14.1. The van der Waals surface area contributed by atoms with Gasteiger partial charge in [-0.05, 0) is 104 Å². The molecule has 5 nitrogen and oxygen atoms in total. The van der Waals surface area contributed by atoms with Crippen LogP contribution in [-0.2, 0) is 0 Å². The third kappa shape index (κ3) is 4.77. The van der Waals surface area contributed by atoms with Crippen molar-refractivity contribution in [2.24, 2.45) is 5.10 Å². The number of rotatable bonds is 4. The number of halogens is 2. The molecule has 0 radical (unpaired) electrons. The summed E-state index contributed by atoms with van der Waals surface area (Å²) in [7, 11) is 0. The van der Waals surface area contributed by atoms with Gasteiger partial charge in [0.05, 0.1) is 17.1 Å². The summed E-state index contributed by atoms with van der Waals surface area (Å²) in [6.45, 7) is 6.33. The fourth-order valence-electron chi connectivity index (χ4n) is 5.11. The topological polar surface area (TPSA) is 52.2 Å². The van der Waals surface area contributed by atoms with E-state index in [2.05, 4.69) is 88.1 Å². The molecule has 0 aliphatic heterocycles. The molecule has 2 heterocycles. The van der Waals surface area contributed by atoms with Gasteiger partial charge in [0.1, 0.15) is 5.82 Å². The molecule has 0 spiro atoms. The number of hydrogen-bond acceptors (Lipinski definition) is 3. The monoisotopic (exact) mass is 642 g/mol. The van der Waals surface area contributed by atoms with Gasteiger partial charge in [-0.25, -0.2) is 4.98 Å². The van der Waals surface area contributed by atoms with Crippen molar-refractivity contribution < 1.29 is 0 Å². The molecule has 2 aromatic heterocycles. The molecule has 0 unspecified atom stereocenters. The molecule has 0 atom stereocenters. The quantitative estimate of drug-likeness (QED) is 0.172. The van der Waals surface area contributed by atoms with E-state index in [4.69, 9.17) is 10.1 Å². The van der Waals surface area contributed by atoms with Crippen molar-refractivity contribution in [3.05, 3.63) is 89.2 Å². The van der Waals surface area contributed by atoms with Crippen molar-refractivity contribution in [3.63, 3.8) is 0 Å². The van der Waals surface area contributed by atoms with Crippen LogP contribution in [0.4, 0.5) is 0 Å². The fourth-order valence-corrected chi connectivity index (χ4v) is 5.80. The van der Waals surface area contributed by atoms with Gasteiger partial charge in [0.25, 0.3) is 5.56 Å². The van der Waals surface area contributed by atoms with E-state index < -0.39 is 0 Å². The van der Waals surface area contributed by atoms with Gasteiger partial charge >= 0.3 is 0 Å². The average Bonchev–Trinajstić information content (AvgIpc) is 3.14. The van der Waals surface area contributed by atoms with Crippen LogP contribution >= 0.6 is 38.5 Å². The summed E-state index contributed by atoms with van der Waals surface area (Å²) in [5.74, 6) is 1.03. The Morgan fingerprint density at radius 2 is 1.83 bits per heavy atom. The maximum absolute atomic E-state index is 13.6. The lowest BCUT2D eigenvalue weighted by molar-refractivity contribution is 0.416. The summed E-state index contributed by atoms with van der Waals surface area (Å²) < 4.78 is 5.90. The molecular formula is C28H28BrIN4O. The molecule has 2 aromatic carbocycles. The van der Waals surface area contributed by atoms with Crippen LogP contribution in [0, 0.1) is 24.3 Å². The van der Waals surface area contributed by atoms with Crippen LogP contribution in [-0.4, -0.2) is 20.4 Å². The molecule has 1 fully saturated rings. The summed E-state index contributed by atoms with van der Waals surface area (Å²) in [5.41, 5.74) is 6.22. The predicted molar refractivity (Wildman–Crippen MR) is 155 cm³/mol. The lowest BCUT2D eigenvalue weighted by Crippen LogP contribution is -2.25. The molecule has 4 aromatic rings. The zero-order valence-electron chi connectivity index (χ0n) is 20.2. The Balaban J connectivity index is 1.61. The van der Waals surface area contributed by atoms with Crippen LogP contribution in [0.3, 0.4) is 0 Å². The molecule has 7 heteroatoms. The second-order valence-corrected chi connectivity index (χ2v) is 11.5. The number of nitrogens with zero attached hydrogens (tertiary/aromatic N) is 4. The van der Waals surface area contributed by atoms with Crippen LogP contribution in [0.25, 0.3) is 16.6 Å². The Bertz CT molecular complexity index is 1510. The standard InChI is InChI=1S/C28H28BrIN4O/c1-17-13-23(10-11-25(17)30)33-18(2)14-21(19(33)3)16-31-34-27(20-7-5-4-6-8-20)32-26-12-9-22(29)15-24(26)28(34)35/h9-16,20H,4-8H2,1-3H3. The Labute approximate surface area is 227 Å². The van der Waals surface area contributed by atoms with Crippen LogP contribution in [0.15, 0.2) is 56.8 Å². The molecule has 1 saturated carbocycles. The first kappa shape index (κ1) is 24.4. The molecule has 0 saturated heterocycles. The smallest absolute Gasteiger partial charge is 0.282 e. The minimum Gasteiger partial charge on any atom is -0.318 e. The lowest BCUT2D eigenvalue weighted by Gasteiger charge is -2.22. The van der Waals surface area contributed by atoms with E-state index in [9.17, 15) is 4.79 Å². The zero-order valence-corrected chi connectivity index (χ0v) is 23.9. The van der Waals surface area contributed by atoms with E-state index in [0.717, 1.165) is 51.3 Å². The summed E-state index contributed by atoms with van der Waals surface area (Å²) in [6, 6.07) is 14.3. The average molecular weight is 643 g/mol. The fraction of sp³-hybridized carbons (Fsp3) is 0.321. The van der Waals surface area contributed by atoms with E-state index in [1.807, 2.05) is 24.4 Å². The molecule has 0 N–H and O–H groups in total. The van der Waals surface area contributed by atoms with E-state index in [-0.39, 0.29) is 11.5 Å². The SMILES string of the molecule is Cc1cc(-n2c(C)cc(C=Nn3c(C4CCCCC4)nc4ccc(Br)cc4c3=O)c2C)ccc1I. The third-order valence-electron chi connectivity index (χ3n) is 6.99. The summed E-state index contributed by atoms with van der Waals surface area (Å²) in [4.78, 5) is 18.5. The van der Waals surface area contributed by atoms with Gasteiger partial charge in [-0.2, -0.15) is 9.78 Å². The van der Waals surface area contributed by atoms with Crippen molar-refractivity contribution in [2.75, 3.05) is 0 Å². The minimum atomic E-state index is -0.116. The van der Waals surface area contributed by atoms with E-state index in [1.54, 1.807) is 4.68 Å². The number of benzene rings is 2. The second-order valence-electron chi connectivity index (χ2n) is 9.42. The number of hydrogen-bond donors (Lipinski definition) is 0. The normalized spacial score (nSPS) is 14.9. The highest BCUT2D eigenvalue weighted by atomic mass is 127. The van der Waals surface area contributed by atoms with Crippen molar-refractivity contribution in [3.8, 4) is 5.69 Å². The summed E-state index contributed by atoms with van der Waals surface area (Å²) in [5, 5.41) is 5.34. The van der Waals surface area contributed by atoms with Crippen LogP contribution < -0.4 is 5.56 Å². The van der Waals surface area contributed by atoms with Crippen molar-refractivity contribution in [1.82, 2.24) is 14.2 Å².